The van der Waals surface area contributed by atoms with Crippen LogP contribution in [0.3, 0.4) is 0 Å². The molecule has 0 radical (unpaired) electrons. The van der Waals surface area contributed by atoms with E-state index in [1.165, 1.54) is 4.91 Å². The molecule has 5 heteroatoms. The van der Waals surface area contributed by atoms with Crippen LogP contribution in [-0.4, -0.2) is 14.6 Å². The lowest BCUT2D eigenvalue weighted by atomic mass is 10.2. The summed E-state index contributed by atoms with van der Waals surface area (Å²) < 4.78 is 11.0. The molecule has 19 heavy (non-hydrogen) atoms. The number of aromatic nitrogens is 3. The van der Waals surface area contributed by atoms with Crippen molar-refractivity contribution in [3.05, 3.63) is 66.2 Å². The third kappa shape index (κ3) is 2.49. The van der Waals surface area contributed by atoms with Crippen LogP contribution in [0.1, 0.15) is 5.56 Å². The van der Waals surface area contributed by atoms with E-state index in [0.29, 0.717) is 6.54 Å². The summed E-state index contributed by atoms with van der Waals surface area (Å²) >= 11 is 0. The van der Waals surface area contributed by atoms with E-state index in [1.54, 1.807) is 16.8 Å². The van der Waals surface area contributed by atoms with Gasteiger partial charge >= 0.3 is 0 Å². The van der Waals surface area contributed by atoms with E-state index in [4.69, 9.17) is 9.26 Å². The molecule has 0 bridgehead atoms. The molecule has 1 heterocycles. The summed E-state index contributed by atoms with van der Waals surface area (Å²) in [6.45, 7) is 0.597. The number of nitrogens with zero attached hydrogens (tertiary/aromatic N) is 3. The van der Waals surface area contributed by atoms with E-state index in [0.717, 1.165) is 11.3 Å². The Bertz CT molecular complexity index is 666. The average molecular weight is 257 g/mol. The summed E-state index contributed by atoms with van der Waals surface area (Å²) in [5.74, 6) is 0. The third-order valence-electron chi connectivity index (χ3n) is 2.74. The van der Waals surface area contributed by atoms with Gasteiger partial charge in [0.05, 0.1) is 7.05 Å². The highest BCUT2D eigenvalue weighted by atomic mass is 16.9. The number of para-hydroxylation sites is 1. The van der Waals surface area contributed by atoms with E-state index < -0.39 is 0 Å². The summed E-state index contributed by atoms with van der Waals surface area (Å²) in [7, 11) is 1.71. The zero-order valence-electron chi connectivity index (χ0n) is 10.6. The second-order valence-electron chi connectivity index (χ2n) is 4.21. The normalized spacial score (nSPS) is 10.6. The molecule has 3 rings (SSSR count). The molecular weight excluding hydrogens is 242 g/mol. The maximum absolute atomic E-state index is 5.50. The Balaban J connectivity index is 1.99. The fourth-order valence-corrected chi connectivity index (χ4v) is 1.89. The van der Waals surface area contributed by atoms with Gasteiger partial charge in [0.15, 0.2) is 0 Å². The van der Waals surface area contributed by atoms with Gasteiger partial charge in [-0.05, 0) is 22.6 Å². The number of rotatable bonds is 3. The molecule has 0 atom stereocenters. The van der Waals surface area contributed by atoms with Crippen LogP contribution in [0.25, 0.3) is 5.69 Å². The van der Waals surface area contributed by atoms with E-state index >= 15 is 0 Å². The van der Waals surface area contributed by atoms with Crippen LogP contribution in [0.15, 0.2) is 69.9 Å². The zero-order chi connectivity index (χ0) is 13.1. The van der Waals surface area contributed by atoms with Gasteiger partial charge < -0.3 is 0 Å². The summed E-state index contributed by atoms with van der Waals surface area (Å²) in [5.41, 5.74) is 2.05. The minimum Gasteiger partial charge on any atom is -0.239 e. The predicted octanol–water partition coefficient (Wildman–Crippen LogP) is 2.98. The molecule has 3 aromatic rings. The monoisotopic (exact) mass is 257 g/mol. The first kappa shape index (κ1) is 11.5. The molecule has 0 fully saturated rings. The number of hydrogen-bond acceptors (Lipinski definition) is 2. The first-order valence-corrected chi connectivity index (χ1v) is 6.09. The number of hydrogen-bond donors (Lipinski definition) is 0. The van der Waals surface area contributed by atoms with Crippen molar-refractivity contribution in [2.24, 2.45) is 7.05 Å². The van der Waals surface area contributed by atoms with Crippen molar-refractivity contribution >= 4 is 0 Å². The summed E-state index contributed by atoms with van der Waals surface area (Å²) in [5, 5.41) is 0. The Hall–Kier alpha value is -2.56. The minimum atomic E-state index is 0.597. The summed E-state index contributed by atoms with van der Waals surface area (Å²) in [6.07, 6.45) is 0. The lowest BCUT2D eigenvalue weighted by Crippen LogP contribution is -2.10. The van der Waals surface area contributed by atoms with Crippen LogP contribution in [0.5, 0.6) is 0 Å². The second-order valence-corrected chi connectivity index (χ2v) is 4.21. The Morgan fingerprint density at radius 2 is 1.47 bits per heavy atom. The molecule has 0 aliphatic carbocycles. The van der Waals surface area contributed by atoms with Crippen molar-refractivity contribution in [3.63, 3.8) is 0 Å². The predicted molar refractivity (Wildman–Crippen MR) is 70.4 cm³/mol. The van der Waals surface area contributed by atoms with E-state index in [2.05, 4.69) is 0 Å². The van der Waals surface area contributed by atoms with Crippen LogP contribution >= 0.6 is 0 Å². The maximum Gasteiger partial charge on any atom is 0.105 e. The van der Waals surface area contributed by atoms with Crippen LogP contribution in [-0.2, 0) is 13.6 Å². The highest BCUT2D eigenvalue weighted by Gasteiger charge is 2.07. The molecule has 0 saturated carbocycles. The molecule has 0 spiro atoms. The second kappa shape index (κ2) is 4.97. The van der Waals surface area contributed by atoms with Crippen molar-refractivity contribution < 1.29 is 9.26 Å². The topological polar surface area (TPSA) is 41.1 Å². The fourth-order valence-electron chi connectivity index (χ4n) is 1.89. The molecular formula is C14H15N3O2. The Kier molecular flexibility index (Phi) is 3.02. The van der Waals surface area contributed by atoms with Crippen molar-refractivity contribution in [1.82, 2.24) is 14.6 Å². The largest absolute Gasteiger partial charge is 0.239 e. The van der Waals surface area contributed by atoms with E-state index in [-0.39, 0.29) is 0 Å². The average Bonchev–Trinajstić information content (AvgIpc) is 2.82. The van der Waals surface area contributed by atoms with Gasteiger partial charge in [-0.15, -0.1) is 0 Å². The van der Waals surface area contributed by atoms with Crippen LogP contribution in [0, 0.1) is 0 Å². The molecule has 0 aliphatic heterocycles. The number of aryl methyl sites for hydroxylation is 1. The van der Waals surface area contributed by atoms with Gasteiger partial charge in [0, 0.05) is 0 Å². The zero-order valence-corrected chi connectivity index (χ0v) is 10.6. The highest BCUT2D eigenvalue weighted by Crippen LogP contribution is 2.09. The molecule has 0 N–H and O–H groups in total. The smallest absolute Gasteiger partial charge is 0.105 e. The van der Waals surface area contributed by atoms with Gasteiger partial charge in [-0.1, -0.05) is 58.2 Å². The van der Waals surface area contributed by atoms with Crippen molar-refractivity contribution in [1.29, 1.82) is 0 Å². The number of benzene rings is 2. The SMILES string of the molecule is Cn1on(Cc2ccccc2)n(-c2ccccc2)o1. The molecule has 0 saturated heterocycles. The lowest BCUT2D eigenvalue weighted by Gasteiger charge is -2.04. The minimum absolute atomic E-state index is 0.597. The van der Waals surface area contributed by atoms with Crippen LogP contribution < -0.4 is 0 Å². The lowest BCUT2D eigenvalue weighted by molar-refractivity contribution is 0.0499. The van der Waals surface area contributed by atoms with Crippen molar-refractivity contribution in [2.45, 2.75) is 6.54 Å². The van der Waals surface area contributed by atoms with E-state index in [9.17, 15) is 0 Å². The Morgan fingerprint density at radius 1 is 0.842 bits per heavy atom. The van der Waals surface area contributed by atoms with Crippen LogP contribution in [0.2, 0.25) is 0 Å². The molecule has 1 aromatic heterocycles. The fraction of sp³-hybridized carbons (Fsp3) is 0.143. The molecule has 5 nitrogen and oxygen atoms in total. The van der Waals surface area contributed by atoms with Gasteiger partial charge in [-0.2, -0.15) is 0 Å². The van der Waals surface area contributed by atoms with Gasteiger partial charge in [-0.3, -0.25) is 0 Å². The Labute approximate surface area is 110 Å². The maximum atomic E-state index is 5.50. The van der Waals surface area contributed by atoms with Gasteiger partial charge in [0.2, 0.25) is 0 Å². The molecule has 0 unspecified atom stereocenters. The third-order valence-corrected chi connectivity index (χ3v) is 2.74. The molecule has 98 valence electrons. The van der Waals surface area contributed by atoms with Gasteiger partial charge in [0.1, 0.15) is 12.2 Å². The van der Waals surface area contributed by atoms with E-state index in [1.807, 2.05) is 60.7 Å². The van der Waals surface area contributed by atoms with Crippen molar-refractivity contribution in [2.75, 3.05) is 0 Å². The summed E-state index contributed by atoms with van der Waals surface area (Å²) in [4.78, 5) is 4.59. The van der Waals surface area contributed by atoms with Gasteiger partial charge in [-0.25, -0.2) is 9.26 Å². The van der Waals surface area contributed by atoms with Crippen LogP contribution in [0.4, 0.5) is 0 Å². The Morgan fingerprint density at radius 3 is 2.16 bits per heavy atom. The summed E-state index contributed by atoms with van der Waals surface area (Å²) in [6, 6.07) is 19.9. The first-order valence-electron chi connectivity index (χ1n) is 6.09. The molecule has 0 aliphatic rings. The molecule has 2 aromatic carbocycles. The first-order chi connectivity index (χ1) is 9.33. The molecule has 0 amide bonds. The quantitative estimate of drug-likeness (QED) is 0.723. The highest BCUT2D eigenvalue weighted by molar-refractivity contribution is 5.27. The van der Waals surface area contributed by atoms with Gasteiger partial charge in [0.25, 0.3) is 0 Å². The standard InChI is InChI=1S/C14H15N3O2/c1-15-18-16(12-13-8-4-2-5-9-13)17(19-15)14-10-6-3-7-11-14/h2-11H,12H2,1H3. The van der Waals surface area contributed by atoms with Crippen molar-refractivity contribution in [3.8, 4) is 5.69 Å².